The van der Waals surface area contributed by atoms with Crippen LogP contribution in [0.2, 0.25) is 0 Å². The molecule has 2 atom stereocenters. The molecule has 1 heterocycles. The van der Waals surface area contributed by atoms with Crippen molar-refractivity contribution in [3.05, 3.63) is 18.0 Å². The third-order valence-electron chi connectivity index (χ3n) is 2.51. The van der Waals surface area contributed by atoms with Gasteiger partial charge in [0.1, 0.15) is 0 Å². The van der Waals surface area contributed by atoms with Crippen LogP contribution in [0.1, 0.15) is 31.9 Å². The molecule has 0 radical (unpaired) electrons. The van der Waals surface area contributed by atoms with E-state index in [1.165, 1.54) is 17.7 Å². The predicted molar refractivity (Wildman–Crippen MR) is 67.2 cm³/mol. The van der Waals surface area contributed by atoms with Crippen LogP contribution in [0.15, 0.2) is 12.4 Å². The number of aromatic nitrogens is 2. The summed E-state index contributed by atoms with van der Waals surface area (Å²) in [6.45, 7) is 4.43. The van der Waals surface area contributed by atoms with E-state index in [9.17, 15) is 0 Å². The molecule has 4 heteroatoms. The van der Waals surface area contributed by atoms with E-state index in [-0.39, 0.29) is 0 Å². The molecule has 1 N–H and O–H groups in total. The lowest BCUT2D eigenvalue weighted by Crippen LogP contribution is -2.29. The SMILES string of the molecule is CSCCC(C)NC(C)c1cnn(C)c1. The summed E-state index contributed by atoms with van der Waals surface area (Å²) in [4.78, 5) is 0. The van der Waals surface area contributed by atoms with Crippen LogP contribution in [0.25, 0.3) is 0 Å². The summed E-state index contributed by atoms with van der Waals surface area (Å²) < 4.78 is 1.85. The first-order valence-corrected chi connectivity index (χ1v) is 6.76. The van der Waals surface area contributed by atoms with Crippen LogP contribution in [0.3, 0.4) is 0 Å². The molecule has 1 rings (SSSR count). The van der Waals surface area contributed by atoms with Crippen LogP contribution in [0.5, 0.6) is 0 Å². The molecule has 3 nitrogen and oxygen atoms in total. The summed E-state index contributed by atoms with van der Waals surface area (Å²) in [5, 5.41) is 7.76. The van der Waals surface area contributed by atoms with E-state index in [0.717, 1.165) is 0 Å². The number of hydrogen-bond acceptors (Lipinski definition) is 3. The minimum absolute atomic E-state index is 0.385. The van der Waals surface area contributed by atoms with Gasteiger partial charge in [-0.25, -0.2) is 0 Å². The minimum Gasteiger partial charge on any atom is -0.308 e. The van der Waals surface area contributed by atoms with Crippen LogP contribution in [0.4, 0.5) is 0 Å². The quantitative estimate of drug-likeness (QED) is 0.808. The second-order valence-corrected chi connectivity index (χ2v) is 5.00. The van der Waals surface area contributed by atoms with Crippen LogP contribution in [-0.2, 0) is 7.05 Å². The van der Waals surface area contributed by atoms with Crippen LogP contribution in [0, 0.1) is 0 Å². The van der Waals surface area contributed by atoms with Gasteiger partial charge in [0.05, 0.1) is 6.20 Å². The number of thioether (sulfide) groups is 1. The van der Waals surface area contributed by atoms with Crippen molar-refractivity contribution in [1.29, 1.82) is 0 Å². The van der Waals surface area contributed by atoms with Crippen LogP contribution in [-0.4, -0.2) is 27.8 Å². The molecule has 0 aliphatic carbocycles. The molecule has 0 aliphatic heterocycles. The van der Waals surface area contributed by atoms with E-state index in [2.05, 4.69) is 36.7 Å². The highest BCUT2D eigenvalue weighted by Gasteiger charge is 2.10. The summed E-state index contributed by atoms with van der Waals surface area (Å²) in [5.41, 5.74) is 1.26. The third-order valence-corrected chi connectivity index (χ3v) is 3.16. The average molecular weight is 227 g/mol. The Morgan fingerprint density at radius 3 is 2.80 bits per heavy atom. The molecule has 0 amide bonds. The smallest absolute Gasteiger partial charge is 0.0537 e. The Bertz CT molecular complexity index is 285. The summed E-state index contributed by atoms with van der Waals surface area (Å²) in [7, 11) is 1.95. The van der Waals surface area contributed by atoms with E-state index in [0.29, 0.717) is 12.1 Å². The molecule has 0 saturated carbocycles. The molecule has 2 unspecified atom stereocenters. The molecule has 86 valence electrons. The fourth-order valence-electron chi connectivity index (χ4n) is 1.56. The van der Waals surface area contributed by atoms with Crippen molar-refractivity contribution in [2.24, 2.45) is 7.05 Å². The van der Waals surface area contributed by atoms with Crippen molar-refractivity contribution in [2.45, 2.75) is 32.4 Å². The lowest BCUT2D eigenvalue weighted by molar-refractivity contribution is 0.471. The van der Waals surface area contributed by atoms with E-state index >= 15 is 0 Å². The summed E-state index contributed by atoms with van der Waals surface area (Å²) >= 11 is 1.90. The zero-order valence-electron chi connectivity index (χ0n) is 10.0. The highest BCUT2D eigenvalue weighted by atomic mass is 32.2. The van der Waals surface area contributed by atoms with Gasteiger partial charge in [-0.05, 0) is 32.3 Å². The molecule has 1 aromatic heterocycles. The molecule has 0 fully saturated rings. The zero-order chi connectivity index (χ0) is 11.3. The number of aryl methyl sites for hydroxylation is 1. The van der Waals surface area contributed by atoms with Gasteiger partial charge in [0.25, 0.3) is 0 Å². The third kappa shape index (κ3) is 4.26. The Balaban J connectivity index is 2.38. The molecule has 0 spiro atoms. The minimum atomic E-state index is 0.385. The van der Waals surface area contributed by atoms with E-state index < -0.39 is 0 Å². The van der Waals surface area contributed by atoms with Crippen molar-refractivity contribution in [1.82, 2.24) is 15.1 Å². The van der Waals surface area contributed by atoms with Gasteiger partial charge in [-0.3, -0.25) is 4.68 Å². The van der Waals surface area contributed by atoms with Gasteiger partial charge < -0.3 is 5.32 Å². The van der Waals surface area contributed by atoms with Gasteiger partial charge in [-0.2, -0.15) is 16.9 Å². The molecule has 0 bridgehead atoms. The van der Waals surface area contributed by atoms with Crippen LogP contribution < -0.4 is 5.32 Å². The molecular weight excluding hydrogens is 206 g/mol. The van der Waals surface area contributed by atoms with Crippen LogP contribution >= 0.6 is 11.8 Å². The average Bonchev–Trinajstić information content (AvgIpc) is 2.61. The first-order chi connectivity index (χ1) is 7.13. The molecule has 1 aromatic rings. The van der Waals surface area contributed by atoms with Crippen molar-refractivity contribution in [3.8, 4) is 0 Å². The van der Waals surface area contributed by atoms with Crippen molar-refractivity contribution in [2.75, 3.05) is 12.0 Å². The van der Waals surface area contributed by atoms with Gasteiger partial charge in [0.2, 0.25) is 0 Å². The normalized spacial score (nSPS) is 15.2. The molecule has 0 aromatic carbocycles. The Hall–Kier alpha value is -0.480. The highest BCUT2D eigenvalue weighted by Crippen LogP contribution is 2.12. The standard InChI is InChI=1S/C11H21N3S/c1-9(5-6-15-4)13-10(2)11-7-12-14(3)8-11/h7-10,13H,5-6H2,1-4H3. The Morgan fingerprint density at radius 1 is 1.53 bits per heavy atom. The maximum atomic E-state index is 4.18. The van der Waals surface area contributed by atoms with Gasteiger partial charge in [0.15, 0.2) is 0 Å². The van der Waals surface area contributed by atoms with E-state index in [4.69, 9.17) is 0 Å². The lowest BCUT2D eigenvalue weighted by Gasteiger charge is -2.18. The fraction of sp³-hybridized carbons (Fsp3) is 0.727. The van der Waals surface area contributed by atoms with Gasteiger partial charge in [-0.15, -0.1) is 0 Å². The monoisotopic (exact) mass is 227 g/mol. The van der Waals surface area contributed by atoms with Gasteiger partial charge in [-0.1, -0.05) is 0 Å². The van der Waals surface area contributed by atoms with Crippen molar-refractivity contribution < 1.29 is 0 Å². The Morgan fingerprint density at radius 2 is 2.27 bits per heavy atom. The maximum Gasteiger partial charge on any atom is 0.0537 e. The predicted octanol–water partition coefficient (Wildman–Crippen LogP) is 2.21. The highest BCUT2D eigenvalue weighted by molar-refractivity contribution is 7.98. The molecule has 0 saturated heterocycles. The molecular formula is C11H21N3S. The summed E-state index contributed by atoms with van der Waals surface area (Å²) in [6.07, 6.45) is 7.36. The maximum absolute atomic E-state index is 4.18. The summed E-state index contributed by atoms with van der Waals surface area (Å²) in [6, 6.07) is 0.947. The largest absolute Gasteiger partial charge is 0.308 e. The topological polar surface area (TPSA) is 29.9 Å². The summed E-state index contributed by atoms with van der Waals surface area (Å²) in [5.74, 6) is 1.22. The molecule has 0 aliphatic rings. The Kier molecular flexibility index (Phi) is 5.19. The first kappa shape index (κ1) is 12.6. The number of nitrogens with zero attached hydrogens (tertiary/aromatic N) is 2. The number of rotatable bonds is 6. The van der Waals surface area contributed by atoms with Crippen molar-refractivity contribution in [3.63, 3.8) is 0 Å². The fourth-order valence-corrected chi connectivity index (χ4v) is 2.15. The van der Waals surface area contributed by atoms with E-state index in [1.54, 1.807) is 0 Å². The molecule has 15 heavy (non-hydrogen) atoms. The number of hydrogen-bond donors (Lipinski definition) is 1. The first-order valence-electron chi connectivity index (χ1n) is 5.37. The Labute approximate surface area is 96.6 Å². The second-order valence-electron chi connectivity index (χ2n) is 4.02. The number of nitrogens with one attached hydrogen (secondary N) is 1. The van der Waals surface area contributed by atoms with Gasteiger partial charge >= 0.3 is 0 Å². The zero-order valence-corrected chi connectivity index (χ0v) is 10.8. The van der Waals surface area contributed by atoms with Crippen molar-refractivity contribution >= 4 is 11.8 Å². The lowest BCUT2D eigenvalue weighted by atomic mass is 10.1. The van der Waals surface area contributed by atoms with Gasteiger partial charge in [0, 0.05) is 30.9 Å². The second kappa shape index (κ2) is 6.18. The van der Waals surface area contributed by atoms with E-state index in [1.807, 2.05) is 29.7 Å².